The fourth-order valence-electron chi connectivity index (χ4n) is 1.35. The van der Waals surface area contributed by atoms with Gasteiger partial charge in [-0.1, -0.05) is 42.5 Å². The molecular formula is C14H19. The summed E-state index contributed by atoms with van der Waals surface area (Å²) in [5.74, 6) is 0. The number of allylic oxidation sites excluding steroid dienone is 8. The summed E-state index contributed by atoms with van der Waals surface area (Å²) >= 11 is 0. The Bertz CT molecular complexity index is 228. The molecule has 1 aliphatic rings. The van der Waals surface area contributed by atoms with E-state index in [1.54, 1.807) is 0 Å². The molecule has 0 aromatic heterocycles. The molecule has 0 fully saturated rings. The normalized spacial score (nSPS) is 19.4. The smallest absolute Gasteiger partial charge is 0.00946 e. The quantitative estimate of drug-likeness (QED) is 0.494. The van der Waals surface area contributed by atoms with Crippen molar-refractivity contribution >= 4 is 0 Å². The average Bonchev–Trinajstić information content (AvgIpc) is 2.22. The molecule has 0 amide bonds. The molecule has 0 heterocycles. The second-order valence-corrected chi connectivity index (χ2v) is 3.45. The molecule has 0 spiro atoms. The Morgan fingerprint density at radius 3 is 2.36 bits per heavy atom. The lowest BCUT2D eigenvalue weighted by molar-refractivity contribution is 0.862. The molecule has 0 saturated heterocycles. The van der Waals surface area contributed by atoms with Crippen LogP contribution in [0.1, 0.15) is 38.5 Å². The van der Waals surface area contributed by atoms with Crippen molar-refractivity contribution in [3.8, 4) is 0 Å². The molecule has 0 unspecified atom stereocenters. The first-order chi connectivity index (χ1) is 7.00. The van der Waals surface area contributed by atoms with Gasteiger partial charge in [-0.15, -0.1) is 0 Å². The molecule has 75 valence electrons. The van der Waals surface area contributed by atoms with Crippen molar-refractivity contribution in [1.82, 2.24) is 0 Å². The van der Waals surface area contributed by atoms with E-state index in [1.807, 2.05) is 6.08 Å². The highest BCUT2D eigenvalue weighted by molar-refractivity contribution is 5.01. The number of rotatable bonds is 0. The Kier molecular flexibility index (Phi) is 6.74. The molecule has 0 aliphatic heterocycles. The van der Waals surface area contributed by atoms with Gasteiger partial charge >= 0.3 is 0 Å². The lowest BCUT2D eigenvalue weighted by atomic mass is 10.2. The van der Waals surface area contributed by atoms with Gasteiger partial charge in [0.1, 0.15) is 0 Å². The van der Waals surface area contributed by atoms with E-state index in [0.29, 0.717) is 0 Å². The van der Waals surface area contributed by atoms with Crippen LogP contribution in [0.15, 0.2) is 42.5 Å². The Morgan fingerprint density at radius 2 is 1.43 bits per heavy atom. The zero-order valence-electron chi connectivity index (χ0n) is 8.78. The highest BCUT2D eigenvalue weighted by Crippen LogP contribution is 2.02. The molecule has 0 N–H and O–H groups in total. The maximum absolute atomic E-state index is 3.22. The van der Waals surface area contributed by atoms with Gasteiger partial charge in [0.25, 0.3) is 0 Å². The molecule has 0 aromatic carbocycles. The predicted octanol–water partition coefficient (Wildman–Crippen LogP) is 4.37. The van der Waals surface area contributed by atoms with Crippen LogP contribution in [0.25, 0.3) is 0 Å². The van der Waals surface area contributed by atoms with Gasteiger partial charge < -0.3 is 0 Å². The standard InChI is InChI=1S/C14H19/c1-2-4-6-8-10-12-14-13-11-9-7-5-3-1/h1-3,9-12H,4,6-8,13-14H2. The molecule has 1 rings (SSSR count). The molecule has 14 heavy (non-hydrogen) atoms. The number of hydrogen-bond acceptors (Lipinski definition) is 0. The fourth-order valence-corrected chi connectivity index (χ4v) is 1.35. The summed E-state index contributed by atoms with van der Waals surface area (Å²) in [7, 11) is 0. The van der Waals surface area contributed by atoms with Crippen molar-refractivity contribution in [2.24, 2.45) is 0 Å². The van der Waals surface area contributed by atoms with Gasteiger partial charge in [-0.2, -0.15) is 0 Å². The van der Waals surface area contributed by atoms with E-state index in [2.05, 4.69) is 42.5 Å². The minimum absolute atomic E-state index is 0.939. The predicted molar refractivity (Wildman–Crippen MR) is 62.9 cm³/mol. The molecular weight excluding hydrogens is 168 g/mol. The summed E-state index contributed by atoms with van der Waals surface area (Å²) in [6.07, 6.45) is 25.5. The summed E-state index contributed by atoms with van der Waals surface area (Å²) in [4.78, 5) is 0. The van der Waals surface area contributed by atoms with E-state index in [9.17, 15) is 0 Å². The molecule has 1 radical (unpaired) electrons. The van der Waals surface area contributed by atoms with Crippen molar-refractivity contribution in [3.05, 3.63) is 48.6 Å². The van der Waals surface area contributed by atoms with Crippen molar-refractivity contribution in [3.63, 3.8) is 0 Å². The number of hydrogen-bond donors (Lipinski definition) is 0. The molecule has 0 saturated carbocycles. The maximum atomic E-state index is 3.22. The highest BCUT2D eigenvalue weighted by Gasteiger charge is 1.82. The molecule has 0 aromatic rings. The van der Waals surface area contributed by atoms with E-state index >= 15 is 0 Å². The van der Waals surface area contributed by atoms with Crippen LogP contribution in [0.2, 0.25) is 0 Å². The van der Waals surface area contributed by atoms with Crippen LogP contribution in [0, 0.1) is 6.08 Å². The van der Waals surface area contributed by atoms with Gasteiger partial charge in [-0.05, 0) is 44.6 Å². The third kappa shape index (κ3) is 6.47. The third-order valence-electron chi connectivity index (χ3n) is 2.16. The molecule has 1 aliphatic carbocycles. The summed E-state index contributed by atoms with van der Waals surface area (Å²) in [5.41, 5.74) is 0. The van der Waals surface area contributed by atoms with Gasteiger partial charge in [0.2, 0.25) is 0 Å². The minimum atomic E-state index is 0.939. The summed E-state index contributed by atoms with van der Waals surface area (Å²) in [6, 6.07) is 0. The van der Waals surface area contributed by atoms with E-state index in [4.69, 9.17) is 0 Å². The van der Waals surface area contributed by atoms with Gasteiger partial charge in [0.05, 0.1) is 0 Å². The first-order valence-corrected chi connectivity index (χ1v) is 5.52. The summed E-state index contributed by atoms with van der Waals surface area (Å²) < 4.78 is 0. The lowest BCUT2D eigenvalue weighted by Crippen LogP contribution is -1.71. The van der Waals surface area contributed by atoms with Crippen LogP contribution in [0.5, 0.6) is 0 Å². The Labute approximate surface area is 87.7 Å². The first kappa shape index (κ1) is 11.0. The van der Waals surface area contributed by atoms with Crippen molar-refractivity contribution in [1.29, 1.82) is 0 Å². The van der Waals surface area contributed by atoms with E-state index in [-0.39, 0.29) is 0 Å². The highest BCUT2D eigenvalue weighted by atomic mass is 13.9. The monoisotopic (exact) mass is 187 g/mol. The zero-order valence-corrected chi connectivity index (χ0v) is 8.78. The Balaban J connectivity index is 2.34. The van der Waals surface area contributed by atoms with Crippen LogP contribution in [0.4, 0.5) is 0 Å². The van der Waals surface area contributed by atoms with Gasteiger partial charge in [0.15, 0.2) is 0 Å². The average molecular weight is 187 g/mol. The van der Waals surface area contributed by atoms with Gasteiger partial charge in [0, 0.05) is 0 Å². The molecule has 0 bridgehead atoms. The first-order valence-electron chi connectivity index (χ1n) is 5.52. The van der Waals surface area contributed by atoms with Crippen LogP contribution < -0.4 is 0 Å². The molecule has 0 heteroatoms. The molecule has 0 nitrogen and oxygen atoms in total. The zero-order chi connectivity index (χ0) is 9.90. The second kappa shape index (κ2) is 8.55. The van der Waals surface area contributed by atoms with E-state index < -0.39 is 0 Å². The van der Waals surface area contributed by atoms with E-state index in [0.717, 1.165) is 12.8 Å². The minimum Gasteiger partial charge on any atom is -0.0885 e. The fraction of sp³-hybridized carbons (Fsp3) is 0.429. The van der Waals surface area contributed by atoms with Crippen LogP contribution >= 0.6 is 0 Å². The van der Waals surface area contributed by atoms with Crippen molar-refractivity contribution < 1.29 is 0 Å². The maximum Gasteiger partial charge on any atom is -0.00946 e. The second-order valence-electron chi connectivity index (χ2n) is 3.45. The topological polar surface area (TPSA) is 0 Å². The Morgan fingerprint density at radius 1 is 0.714 bits per heavy atom. The van der Waals surface area contributed by atoms with Gasteiger partial charge in [-0.25, -0.2) is 0 Å². The van der Waals surface area contributed by atoms with Crippen molar-refractivity contribution in [2.45, 2.75) is 38.5 Å². The lowest BCUT2D eigenvalue weighted by Gasteiger charge is -1.91. The third-order valence-corrected chi connectivity index (χ3v) is 2.16. The van der Waals surface area contributed by atoms with Crippen molar-refractivity contribution in [2.75, 3.05) is 0 Å². The summed E-state index contributed by atoms with van der Waals surface area (Å²) in [5, 5.41) is 0. The van der Waals surface area contributed by atoms with Crippen LogP contribution in [-0.2, 0) is 0 Å². The SMILES string of the molecule is [C]1=CC=CCCCC=CCCC=CC1. The van der Waals surface area contributed by atoms with E-state index in [1.165, 1.54) is 25.7 Å². The van der Waals surface area contributed by atoms with Crippen LogP contribution in [0.3, 0.4) is 0 Å². The van der Waals surface area contributed by atoms with Crippen LogP contribution in [-0.4, -0.2) is 0 Å². The summed E-state index contributed by atoms with van der Waals surface area (Å²) in [6.45, 7) is 0. The molecule has 0 atom stereocenters. The van der Waals surface area contributed by atoms with Gasteiger partial charge in [-0.3, -0.25) is 0 Å². The largest absolute Gasteiger partial charge is 0.0885 e. The Hall–Kier alpha value is -1.04.